The van der Waals surface area contributed by atoms with Crippen molar-refractivity contribution in [3.05, 3.63) is 28.0 Å². The molecule has 1 rings (SSSR count). The number of rotatable bonds is 2. The molecule has 0 atom stereocenters. The fraction of sp³-hybridized carbons (Fsp3) is 0.125. The van der Waals surface area contributed by atoms with Crippen molar-refractivity contribution < 1.29 is 9.18 Å². The van der Waals surface area contributed by atoms with E-state index in [0.717, 1.165) is 0 Å². The average molecular weight is 237 g/mol. The van der Waals surface area contributed by atoms with Gasteiger partial charge < -0.3 is 11.1 Å². The molecule has 0 aromatic heterocycles. The summed E-state index contributed by atoms with van der Waals surface area (Å²) in [7, 11) is 0. The van der Waals surface area contributed by atoms with Gasteiger partial charge in [0.1, 0.15) is 0 Å². The van der Waals surface area contributed by atoms with Gasteiger partial charge >= 0.3 is 0 Å². The molecule has 1 amide bonds. The van der Waals surface area contributed by atoms with Crippen LogP contribution in [-0.2, 0) is 4.79 Å². The first kappa shape index (κ1) is 11.2. The van der Waals surface area contributed by atoms with Gasteiger partial charge in [0.25, 0.3) is 0 Å². The van der Waals surface area contributed by atoms with E-state index in [1.807, 2.05) is 0 Å². The van der Waals surface area contributed by atoms with Gasteiger partial charge in [-0.2, -0.15) is 0 Å². The Morgan fingerprint density at radius 3 is 2.36 bits per heavy atom. The van der Waals surface area contributed by atoms with Gasteiger partial charge in [0.05, 0.1) is 16.6 Å². The van der Waals surface area contributed by atoms with Gasteiger partial charge in [-0.3, -0.25) is 4.79 Å². The summed E-state index contributed by atoms with van der Waals surface area (Å²) in [6, 6.07) is 2.52. The minimum atomic E-state index is -0.709. The van der Waals surface area contributed by atoms with E-state index < -0.39 is 11.7 Å². The standard InChI is InChI=1S/C8H7Cl2FN2O/c9-5-1-4(13-7(14)3-12)2-6(10)8(5)11/h1-2H,3,12H2,(H,13,14). The summed E-state index contributed by atoms with van der Waals surface area (Å²) in [5.41, 5.74) is 5.39. The number of benzene rings is 1. The predicted molar refractivity (Wildman–Crippen MR) is 54.1 cm³/mol. The van der Waals surface area contributed by atoms with Crippen molar-refractivity contribution in [1.82, 2.24) is 0 Å². The zero-order valence-corrected chi connectivity index (χ0v) is 8.49. The predicted octanol–water partition coefficient (Wildman–Crippen LogP) is 2.03. The van der Waals surface area contributed by atoms with Gasteiger partial charge in [0, 0.05) is 5.69 Å². The third kappa shape index (κ3) is 2.57. The third-order valence-corrected chi connectivity index (χ3v) is 2.00. The Hall–Kier alpha value is -0.840. The second-order valence-corrected chi connectivity index (χ2v) is 3.32. The number of halogens is 3. The molecule has 0 aliphatic heterocycles. The molecule has 0 aliphatic carbocycles. The van der Waals surface area contributed by atoms with Gasteiger partial charge in [0.2, 0.25) is 5.91 Å². The van der Waals surface area contributed by atoms with Crippen molar-refractivity contribution in [2.75, 3.05) is 11.9 Å². The highest BCUT2D eigenvalue weighted by molar-refractivity contribution is 6.35. The molecule has 0 bridgehead atoms. The number of hydrogen-bond donors (Lipinski definition) is 2. The smallest absolute Gasteiger partial charge is 0.238 e. The van der Waals surface area contributed by atoms with E-state index >= 15 is 0 Å². The van der Waals surface area contributed by atoms with Crippen LogP contribution >= 0.6 is 23.2 Å². The van der Waals surface area contributed by atoms with Crippen LogP contribution in [0.1, 0.15) is 0 Å². The van der Waals surface area contributed by atoms with E-state index in [4.69, 9.17) is 28.9 Å². The first-order valence-electron chi connectivity index (χ1n) is 3.69. The first-order chi connectivity index (χ1) is 6.54. The molecule has 0 saturated carbocycles. The highest BCUT2D eigenvalue weighted by Crippen LogP contribution is 2.27. The lowest BCUT2D eigenvalue weighted by Gasteiger charge is -2.05. The van der Waals surface area contributed by atoms with Crippen LogP contribution in [-0.4, -0.2) is 12.5 Å². The van der Waals surface area contributed by atoms with Crippen molar-refractivity contribution in [1.29, 1.82) is 0 Å². The van der Waals surface area contributed by atoms with Crippen LogP contribution in [0.4, 0.5) is 10.1 Å². The van der Waals surface area contributed by atoms with Gasteiger partial charge in [-0.25, -0.2) is 4.39 Å². The van der Waals surface area contributed by atoms with Crippen molar-refractivity contribution in [3.8, 4) is 0 Å². The topological polar surface area (TPSA) is 55.1 Å². The van der Waals surface area contributed by atoms with Crippen molar-refractivity contribution >= 4 is 34.8 Å². The van der Waals surface area contributed by atoms with Crippen LogP contribution in [0.3, 0.4) is 0 Å². The van der Waals surface area contributed by atoms with E-state index in [9.17, 15) is 9.18 Å². The van der Waals surface area contributed by atoms with Crippen LogP contribution in [0, 0.1) is 5.82 Å². The molecule has 3 N–H and O–H groups in total. The molecule has 0 radical (unpaired) electrons. The average Bonchev–Trinajstić information content (AvgIpc) is 2.14. The molecule has 76 valence electrons. The van der Waals surface area contributed by atoms with E-state index in [1.165, 1.54) is 12.1 Å². The quantitative estimate of drug-likeness (QED) is 0.773. The fourth-order valence-electron chi connectivity index (χ4n) is 0.840. The minimum absolute atomic E-state index is 0.148. The van der Waals surface area contributed by atoms with Crippen molar-refractivity contribution in [3.63, 3.8) is 0 Å². The molecule has 0 fully saturated rings. The number of amides is 1. The lowest BCUT2D eigenvalue weighted by molar-refractivity contribution is -0.114. The zero-order valence-electron chi connectivity index (χ0n) is 6.98. The normalized spacial score (nSPS) is 10.0. The van der Waals surface area contributed by atoms with Gasteiger partial charge in [0.15, 0.2) is 5.82 Å². The lowest BCUT2D eigenvalue weighted by Crippen LogP contribution is -2.21. The number of hydrogen-bond acceptors (Lipinski definition) is 2. The lowest BCUT2D eigenvalue weighted by atomic mass is 10.3. The molecule has 0 unspecified atom stereocenters. The molecule has 1 aromatic rings. The van der Waals surface area contributed by atoms with Gasteiger partial charge in [-0.15, -0.1) is 0 Å². The Morgan fingerprint density at radius 2 is 1.93 bits per heavy atom. The second-order valence-electron chi connectivity index (χ2n) is 2.51. The Balaban J connectivity index is 2.95. The molecule has 14 heavy (non-hydrogen) atoms. The largest absolute Gasteiger partial charge is 0.325 e. The minimum Gasteiger partial charge on any atom is -0.325 e. The van der Waals surface area contributed by atoms with Crippen molar-refractivity contribution in [2.45, 2.75) is 0 Å². The number of nitrogens with one attached hydrogen (secondary N) is 1. The molecule has 6 heteroatoms. The summed E-state index contributed by atoms with van der Waals surface area (Å²) < 4.78 is 12.9. The molecule has 0 saturated heterocycles. The molecule has 1 aromatic carbocycles. The van der Waals surface area contributed by atoms with E-state index in [-0.39, 0.29) is 16.6 Å². The summed E-state index contributed by atoms with van der Waals surface area (Å²) in [5, 5.41) is 2.10. The maximum absolute atomic E-state index is 12.9. The molecule has 3 nitrogen and oxygen atoms in total. The van der Waals surface area contributed by atoms with E-state index in [1.54, 1.807) is 0 Å². The van der Waals surface area contributed by atoms with Crippen LogP contribution in [0.15, 0.2) is 12.1 Å². The van der Waals surface area contributed by atoms with Crippen LogP contribution in [0.2, 0.25) is 10.0 Å². The fourth-order valence-corrected chi connectivity index (χ4v) is 1.33. The summed E-state index contributed by atoms with van der Waals surface area (Å²) >= 11 is 11.0. The molecule has 0 aliphatic rings. The molecular formula is C8H7Cl2FN2O. The molecule has 0 heterocycles. The number of carbonyl (C=O) groups excluding carboxylic acids is 1. The highest BCUT2D eigenvalue weighted by atomic mass is 35.5. The van der Waals surface area contributed by atoms with Crippen LogP contribution < -0.4 is 11.1 Å². The van der Waals surface area contributed by atoms with E-state index in [2.05, 4.69) is 5.32 Å². The molecule has 0 spiro atoms. The van der Waals surface area contributed by atoms with Gasteiger partial charge in [-0.1, -0.05) is 23.2 Å². The first-order valence-corrected chi connectivity index (χ1v) is 4.44. The summed E-state index contributed by atoms with van der Waals surface area (Å²) in [6.45, 7) is -0.160. The summed E-state index contributed by atoms with van der Waals surface area (Å²) in [5.74, 6) is -1.11. The van der Waals surface area contributed by atoms with E-state index in [0.29, 0.717) is 5.69 Å². The zero-order chi connectivity index (χ0) is 10.7. The number of carbonyl (C=O) groups is 1. The Labute approximate surface area is 90.0 Å². The maximum Gasteiger partial charge on any atom is 0.238 e. The number of nitrogens with two attached hydrogens (primary N) is 1. The summed E-state index contributed by atoms with van der Waals surface area (Å²) in [4.78, 5) is 10.9. The SMILES string of the molecule is NCC(=O)Nc1cc(Cl)c(F)c(Cl)c1. The van der Waals surface area contributed by atoms with Crippen LogP contribution in [0.25, 0.3) is 0 Å². The monoisotopic (exact) mass is 236 g/mol. The Kier molecular flexibility index (Phi) is 3.69. The molecular weight excluding hydrogens is 230 g/mol. The Bertz CT molecular complexity index is 347. The second kappa shape index (κ2) is 4.59. The van der Waals surface area contributed by atoms with Gasteiger partial charge in [-0.05, 0) is 12.1 Å². The Morgan fingerprint density at radius 1 is 1.43 bits per heavy atom. The van der Waals surface area contributed by atoms with Crippen LogP contribution in [0.5, 0.6) is 0 Å². The summed E-state index contributed by atoms with van der Waals surface area (Å²) in [6.07, 6.45) is 0. The van der Waals surface area contributed by atoms with Crippen molar-refractivity contribution in [2.24, 2.45) is 5.73 Å². The maximum atomic E-state index is 12.9. The number of anilines is 1. The highest BCUT2D eigenvalue weighted by Gasteiger charge is 2.08. The third-order valence-electron chi connectivity index (χ3n) is 1.45.